The van der Waals surface area contributed by atoms with Crippen LogP contribution in [0.15, 0.2) is 35.7 Å². The van der Waals surface area contributed by atoms with E-state index in [1.165, 1.54) is 23.5 Å². The molecule has 1 aliphatic carbocycles. The van der Waals surface area contributed by atoms with Crippen molar-refractivity contribution in [3.63, 3.8) is 0 Å². The van der Waals surface area contributed by atoms with E-state index in [1.54, 1.807) is 12.3 Å². The molecule has 0 N–H and O–H groups in total. The molecule has 1 amide bonds. The number of aromatic nitrogens is 2. The summed E-state index contributed by atoms with van der Waals surface area (Å²) in [6, 6.07) is 6.60. The molecular weight excluding hydrogens is 402 g/mol. The monoisotopic (exact) mass is 422 g/mol. The smallest absolute Gasteiger partial charge is 0.246 e. The van der Waals surface area contributed by atoms with Crippen molar-refractivity contribution in [2.75, 3.05) is 18.0 Å². The Morgan fingerprint density at radius 2 is 1.77 bits per heavy atom. The molecule has 158 valence electrons. The van der Waals surface area contributed by atoms with Crippen molar-refractivity contribution in [2.45, 2.75) is 25.3 Å². The zero-order valence-electron chi connectivity index (χ0n) is 16.7. The van der Waals surface area contributed by atoms with Crippen LogP contribution in [0.2, 0.25) is 0 Å². The van der Waals surface area contributed by atoms with Crippen molar-refractivity contribution in [2.24, 2.45) is 22.9 Å². The molecule has 1 saturated heterocycles. The molecule has 2 aliphatic heterocycles. The highest BCUT2D eigenvalue weighted by Gasteiger charge is 2.46. The van der Waals surface area contributed by atoms with E-state index < -0.39 is 17.7 Å². The van der Waals surface area contributed by atoms with Crippen LogP contribution < -0.4 is 4.90 Å². The number of anilines is 1. The number of nitriles is 1. The van der Waals surface area contributed by atoms with Crippen LogP contribution in [-0.2, 0) is 4.79 Å². The molecule has 1 aromatic heterocycles. The van der Waals surface area contributed by atoms with Gasteiger partial charge in [0.25, 0.3) is 0 Å². The number of nitrogens with zero attached hydrogens (tertiary/aromatic N) is 6. The third-order valence-corrected chi connectivity index (χ3v) is 6.52. The van der Waals surface area contributed by atoms with E-state index in [9.17, 15) is 13.6 Å². The summed E-state index contributed by atoms with van der Waals surface area (Å²) in [5, 5.41) is 14.7. The average Bonchev–Trinajstić information content (AvgIpc) is 3.47. The molecule has 4 atom stereocenters. The molecule has 2 fully saturated rings. The molecule has 1 aromatic carbocycles. The summed E-state index contributed by atoms with van der Waals surface area (Å²) in [4.78, 5) is 23.6. The van der Waals surface area contributed by atoms with Crippen molar-refractivity contribution < 1.29 is 13.6 Å². The molecule has 9 heteroatoms. The molecule has 31 heavy (non-hydrogen) atoms. The van der Waals surface area contributed by atoms with Crippen LogP contribution in [0, 0.1) is 40.7 Å². The minimum absolute atomic E-state index is 0.0850. The number of halogens is 2. The van der Waals surface area contributed by atoms with Crippen LogP contribution >= 0.6 is 0 Å². The Kier molecular flexibility index (Phi) is 4.85. The molecule has 7 nitrogen and oxygen atoms in total. The first-order valence-corrected chi connectivity index (χ1v) is 10.3. The highest BCUT2D eigenvalue weighted by molar-refractivity contribution is 5.82. The van der Waals surface area contributed by atoms with Gasteiger partial charge in [0.15, 0.2) is 0 Å². The van der Waals surface area contributed by atoms with Gasteiger partial charge in [0.05, 0.1) is 6.04 Å². The number of hydrogen-bond donors (Lipinski definition) is 0. The Bertz CT molecular complexity index is 1070. The molecule has 0 unspecified atom stereocenters. The van der Waals surface area contributed by atoms with Gasteiger partial charge >= 0.3 is 0 Å². The lowest BCUT2D eigenvalue weighted by Crippen LogP contribution is -2.33. The molecule has 0 bridgehead atoms. The number of benzene rings is 1. The Hall–Kier alpha value is -3.41. The molecule has 0 spiro atoms. The molecule has 3 aliphatic rings. The van der Waals surface area contributed by atoms with Gasteiger partial charge in [-0.2, -0.15) is 10.4 Å². The standard InChI is InChI=1S/C22H20F2N6O/c23-17-5-13(6-18(24)7-17)20-1-2-28-30(20)22(31)14-3-15-10-29(11-16(15)4-14)21-8-19(9-25)26-12-27-21/h2,5-8,12,14-16,20H,1,3-4,10-11H2/t14-,15-,16+,20-/m0/s1. The number of hydrazone groups is 1. The SMILES string of the molecule is N#Cc1cc(N2C[C@H]3C[C@@H](C(=O)N4N=CC[C@H]4c4cc(F)cc(F)c4)C[C@H]3C2)ncn1. The zero-order valence-corrected chi connectivity index (χ0v) is 16.7. The van der Waals surface area contributed by atoms with Gasteiger partial charge in [0, 0.05) is 43.8 Å². The second kappa shape index (κ2) is 7.69. The predicted molar refractivity (Wildman–Crippen MR) is 108 cm³/mol. The van der Waals surface area contributed by atoms with E-state index in [-0.39, 0.29) is 11.8 Å². The van der Waals surface area contributed by atoms with Gasteiger partial charge in [0.2, 0.25) is 5.91 Å². The van der Waals surface area contributed by atoms with Gasteiger partial charge < -0.3 is 4.90 Å². The maximum Gasteiger partial charge on any atom is 0.246 e. The lowest BCUT2D eigenvalue weighted by atomic mass is 10.0. The first-order valence-electron chi connectivity index (χ1n) is 10.3. The van der Waals surface area contributed by atoms with Crippen LogP contribution in [0.4, 0.5) is 14.6 Å². The van der Waals surface area contributed by atoms with E-state index in [1.807, 2.05) is 6.07 Å². The van der Waals surface area contributed by atoms with Gasteiger partial charge in [-0.25, -0.2) is 23.8 Å². The predicted octanol–water partition coefficient (Wildman–Crippen LogP) is 3.05. The van der Waals surface area contributed by atoms with Gasteiger partial charge in [-0.1, -0.05) is 0 Å². The maximum atomic E-state index is 13.7. The van der Waals surface area contributed by atoms with Crippen LogP contribution in [0.25, 0.3) is 0 Å². The molecule has 2 aromatic rings. The highest BCUT2D eigenvalue weighted by Crippen LogP contribution is 2.44. The van der Waals surface area contributed by atoms with Crippen molar-refractivity contribution in [3.05, 3.63) is 53.5 Å². The van der Waals surface area contributed by atoms with Crippen LogP contribution in [0.3, 0.4) is 0 Å². The third-order valence-electron chi connectivity index (χ3n) is 6.52. The normalized spacial score (nSPS) is 26.9. The largest absolute Gasteiger partial charge is 0.356 e. The van der Waals surface area contributed by atoms with Crippen molar-refractivity contribution in [3.8, 4) is 6.07 Å². The summed E-state index contributed by atoms with van der Waals surface area (Å²) in [5.41, 5.74) is 0.756. The van der Waals surface area contributed by atoms with E-state index in [4.69, 9.17) is 5.26 Å². The number of rotatable bonds is 3. The quantitative estimate of drug-likeness (QED) is 0.759. The van der Waals surface area contributed by atoms with E-state index in [0.717, 1.165) is 37.8 Å². The second-order valence-corrected chi connectivity index (χ2v) is 8.40. The Labute approximate surface area is 178 Å². The number of carbonyl (C=O) groups excluding carboxylic acids is 1. The van der Waals surface area contributed by atoms with Crippen LogP contribution in [0.5, 0.6) is 0 Å². The number of carbonyl (C=O) groups is 1. The van der Waals surface area contributed by atoms with E-state index in [2.05, 4.69) is 20.0 Å². The minimum Gasteiger partial charge on any atom is -0.356 e. The molecule has 3 heterocycles. The summed E-state index contributed by atoms with van der Waals surface area (Å²) in [6.45, 7) is 1.55. The van der Waals surface area contributed by atoms with Gasteiger partial charge in [-0.05, 0) is 42.4 Å². The minimum atomic E-state index is -0.658. The number of fused-ring (bicyclic) bond motifs is 1. The highest BCUT2D eigenvalue weighted by atomic mass is 19.1. The Morgan fingerprint density at radius 3 is 2.45 bits per heavy atom. The lowest BCUT2D eigenvalue weighted by molar-refractivity contribution is -0.137. The average molecular weight is 422 g/mol. The van der Waals surface area contributed by atoms with Gasteiger partial charge in [0.1, 0.15) is 35.5 Å². The zero-order chi connectivity index (χ0) is 21.5. The van der Waals surface area contributed by atoms with Crippen molar-refractivity contribution in [1.29, 1.82) is 5.26 Å². The first kappa shape index (κ1) is 19.5. The van der Waals surface area contributed by atoms with Crippen molar-refractivity contribution >= 4 is 17.9 Å². The second-order valence-electron chi connectivity index (χ2n) is 8.40. The summed E-state index contributed by atoms with van der Waals surface area (Å²) in [5.74, 6) is -0.118. The van der Waals surface area contributed by atoms with E-state index >= 15 is 0 Å². The summed E-state index contributed by atoms with van der Waals surface area (Å²) >= 11 is 0. The van der Waals surface area contributed by atoms with Crippen LogP contribution in [0.1, 0.15) is 36.6 Å². The number of hydrogen-bond acceptors (Lipinski definition) is 6. The molecule has 1 saturated carbocycles. The fourth-order valence-corrected chi connectivity index (χ4v) is 5.13. The first-order chi connectivity index (χ1) is 15.0. The number of amides is 1. The third kappa shape index (κ3) is 3.63. The fourth-order valence-electron chi connectivity index (χ4n) is 5.13. The lowest BCUT2D eigenvalue weighted by Gasteiger charge is -2.26. The Balaban J connectivity index is 1.26. The molecular formula is C22H20F2N6O. The topological polar surface area (TPSA) is 85.5 Å². The maximum absolute atomic E-state index is 13.7. The summed E-state index contributed by atoms with van der Waals surface area (Å²) < 4.78 is 27.4. The van der Waals surface area contributed by atoms with Gasteiger partial charge in [-0.15, -0.1) is 0 Å². The van der Waals surface area contributed by atoms with Crippen molar-refractivity contribution in [1.82, 2.24) is 15.0 Å². The van der Waals surface area contributed by atoms with E-state index in [0.29, 0.717) is 29.5 Å². The summed E-state index contributed by atoms with van der Waals surface area (Å²) in [7, 11) is 0. The molecule has 0 radical (unpaired) electrons. The molecule has 5 rings (SSSR count). The summed E-state index contributed by atoms with van der Waals surface area (Å²) in [6.07, 6.45) is 4.95. The fraction of sp³-hybridized carbons (Fsp3) is 0.409. The van der Waals surface area contributed by atoms with Crippen LogP contribution in [-0.4, -0.2) is 40.2 Å². The van der Waals surface area contributed by atoms with Gasteiger partial charge in [-0.3, -0.25) is 4.79 Å². The Morgan fingerprint density at radius 1 is 1.06 bits per heavy atom.